The lowest BCUT2D eigenvalue weighted by atomic mass is 10.1. The molecule has 1 aromatic rings. The number of amides is 1. The molecule has 0 saturated heterocycles. The van der Waals surface area contributed by atoms with Crippen molar-refractivity contribution in [2.24, 2.45) is 0 Å². The molecule has 0 aliphatic carbocycles. The van der Waals surface area contributed by atoms with Crippen molar-refractivity contribution in [1.82, 2.24) is 5.32 Å². The van der Waals surface area contributed by atoms with Crippen molar-refractivity contribution in [3.8, 4) is 0 Å². The minimum absolute atomic E-state index is 0.0649. The smallest absolute Gasteiger partial charge is 0.233 e. The Labute approximate surface area is 110 Å². The summed E-state index contributed by atoms with van der Waals surface area (Å²) in [6.45, 7) is 7.56. The molecular weight excluding hydrogens is 248 g/mol. The monoisotopic (exact) mass is 268 g/mol. The minimum atomic E-state index is -1.41. The number of hydrogen-bond donors (Lipinski definition) is 2. The second kappa shape index (κ2) is 5.52. The van der Waals surface area contributed by atoms with Gasteiger partial charge in [-0.2, -0.15) is 0 Å². The number of nitrogens with one attached hydrogen (secondary N) is 1. The fraction of sp³-hybridized carbons (Fsp3) is 0.462. The highest BCUT2D eigenvalue weighted by Crippen LogP contribution is 2.18. The molecule has 5 heteroatoms. The maximum absolute atomic E-state index is 12.0. The van der Waals surface area contributed by atoms with Crippen molar-refractivity contribution in [2.45, 2.75) is 38.1 Å². The molecule has 0 radical (unpaired) electrons. The molecular formula is C13H20N2O2S. The van der Waals surface area contributed by atoms with E-state index in [1.165, 1.54) is 0 Å². The van der Waals surface area contributed by atoms with Crippen LogP contribution in [0, 0.1) is 6.92 Å². The number of rotatable bonds is 3. The van der Waals surface area contributed by atoms with Crippen molar-refractivity contribution in [3.63, 3.8) is 0 Å². The lowest BCUT2D eigenvalue weighted by molar-refractivity contribution is -0.119. The average molecular weight is 268 g/mol. The van der Waals surface area contributed by atoms with Gasteiger partial charge in [0.1, 0.15) is 5.75 Å². The number of carbonyl (C=O) groups excluding carboxylic acids is 1. The summed E-state index contributed by atoms with van der Waals surface area (Å²) in [5.74, 6) is -0.300. The van der Waals surface area contributed by atoms with E-state index in [9.17, 15) is 9.00 Å². The number of benzene rings is 1. The number of nitrogens with two attached hydrogens (primary N) is 1. The molecule has 1 unspecified atom stereocenters. The molecule has 100 valence electrons. The van der Waals surface area contributed by atoms with E-state index in [1.807, 2.05) is 33.8 Å². The Morgan fingerprint density at radius 1 is 1.39 bits per heavy atom. The number of carbonyl (C=O) groups is 1. The number of anilines is 1. The van der Waals surface area contributed by atoms with Gasteiger partial charge < -0.3 is 11.1 Å². The van der Waals surface area contributed by atoms with Gasteiger partial charge in [0.15, 0.2) is 0 Å². The van der Waals surface area contributed by atoms with Gasteiger partial charge in [0.2, 0.25) is 5.91 Å². The number of hydrogen-bond acceptors (Lipinski definition) is 3. The summed E-state index contributed by atoms with van der Waals surface area (Å²) in [7, 11) is -1.41. The maximum atomic E-state index is 12.0. The van der Waals surface area contributed by atoms with Crippen LogP contribution in [0.5, 0.6) is 0 Å². The predicted octanol–water partition coefficient (Wildman–Crippen LogP) is 1.60. The molecule has 3 N–H and O–H groups in total. The van der Waals surface area contributed by atoms with E-state index in [-0.39, 0.29) is 17.2 Å². The predicted molar refractivity (Wildman–Crippen MR) is 74.8 cm³/mol. The highest BCUT2D eigenvalue weighted by Gasteiger charge is 2.17. The van der Waals surface area contributed by atoms with Crippen LogP contribution >= 0.6 is 0 Å². The zero-order valence-electron chi connectivity index (χ0n) is 11.2. The third-order valence-corrected chi connectivity index (χ3v) is 3.57. The lowest BCUT2D eigenvalue weighted by Gasteiger charge is -2.20. The van der Waals surface area contributed by atoms with Gasteiger partial charge >= 0.3 is 0 Å². The summed E-state index contributed by atoms with van der Waals surface area (Å²) >= 11 is 0. The summed E-state index contributed by atoms with van der Waals surface area (Å²) < 4.78 is 12.0. The fourth-order valence-electron chi connectivity index (χ4n) is 1.53. The van der Waals surface area contributed by atoms with Crippen molar-refractivity contribution in [2.75, 3.05) is 11.5 Å². The molecule has 4 nitrogen and oxygen atoms in total. The quantitative estimate of drug-likeness (QED) is 0.818. The Morgan fingerprint density at radius 3 is 2.50 bits per heavy atom. The molecule has 0 heterocycles. The molecule has 0 aliphatic heterocycles. The number of aryl methyl sites for hydroxylation is 1. The molecule has 1 atom stereocenters. The molecule has 0 saturated carbocycles. The lowest BCUT2D eigenvalue weighted by Crippen LogP contribution is -2.42. The van der Waals surface area contributed by atoms with E-state index in [0.717, 1.165) is 5.56 Å². The molecule has 18 heavy (non-hydrogen) atoms. The Hall–Kier alpha value is -1.36. The van der Waals surface area contributed by atoms with Crippen LogP contribution < -0.4 is 11.1 Å². The van der Waals surface area contributed by atoms with E-state index in [1.54, 1.807) is 12.1 Å². The van der Waals surface area contributed by atoms with Crippen molar-refractivity contribution in [3.05, 3.63) is 23.8 Å². The van der Waals surface area contributed by atoms with Gasteiger partial charge in [-0.05, 0) is 45.4 Å². The highest BCUT2D eigenvalue weighted by molar-refractivity contribution is 7.86. The summed E-state index contributed by atoms with van der Waals surface area (Å²) in [5.41, 5.74) is 6.96. The molecule has 1 aromatic carbocycles. The van der Waals surface area contributed by atoms with Gasteiger partial charge in [0.25, 0.3) is 0 Å². The van der Waals surface area contributed by atoms with E-state index in [4.69, 9.17) is 5.73 Å². The van der Waals surface area contributed by atoms with Gasteiger partial charge in [0.05, 0.1) is 15.7 Å². The van der Waals surface area contributed by atoms with E-state index in [0.29, 0.717) is 10.6 Å². The standard InChI is InChI=1S/C13H20N2O2S/c1-9-5-6-11(10(14)7-9)18(17)8-12(16)15-13(2,3)4/h5-7H,8,14H2,1-4H3,(H,15,16). The summed E-state index contributed by atoms with van der Waals surface area (Å²) in [6, 6.07) is 5.31. The first-order valence-electron chi connectivity index (χ1n) is 5.74. The molecule has 0 aliphatic rings. The van der Waals surface area contributed by atoms with E-state index in [2.05, 4.69) is 5.32 Å². The van der Waals surface area contributed by atoms with Crippen LogP contribution in [0.15, 0.2) is 23.1 Å². The third-order valence-electron chi connectivity index (χ3n) is 2.19. The van der Waals surface area contributed by atoms with Gasteiger partial charge in [0, 0.05) is 11.2 Å². The first-order chi connectivity index (χ1) is 8.19. The molecule has 1 amide bonds. The first-order valence-corrected chi connectivity index (χ1v) is 7.06. The topological polar surface area (TPSA) is 72.2 Å². The number of nitrogen functional groups attached to an aromatic ring is 1. The van der Waals surface area contributed by atoms with Crippen LogP contribution in [0.25, 0.3) is 0 Å². The zero-order valence-corrected chi connectivity index (χ0v) is 12.1. The van der Waals surface area contributed by atoms with Crippen LogP contribution in [0.1, 0.15) is 26.3 Å². The van der Waals surface area contributed by atoms with Crippen molar-refractivity contribution < 1.29 is 9.00 Å². The Kier molecular flexibility index (Phi) is 4.51. The van der Waals surface area contributed by atoms with Crippen molar-refractivity contribution >= 4 is 22.4 Å². The maximum Gasteiger partial charge on any atom is 0.233 e. The Bertz CT molecular complexity index is 478. The SMILES string of the molecule is Cc1ccc(S(=O)CC(=O)NC(C)(C)C)c(N)c1. The van der Waals surface area contributed by atoms with Gasteiger partial charge in [-0.25, -0.2) is 0 Å². The zero-order chi connectivity index (χ0) is 13.9. The molecule has 0 aromatic heterocycles. The Balaban J connectivity index is 2.74. The normalized spacial score (nSPS) is 13.1. The van der Waals surface area contributed by atoms with Crippen LogP contribution in [-0.2, 0) is 15.6 Å². The van der Waals surface area contributed by atoms with Gasteiger partial charge in [-0.3, -0.25) is 9.00 Å². The molecule has 0 fully saturated rings. The fourth-order valence-corrected chi connectivity index (χ4v) is 2.53. The third kappa shape index (κ3) is 4.49. The van der Waals surface area contributed by atoms with Gasteiger partial charge in [-0.1, -0.05) is 6.07 Å². The van der Waals surface area contributed by atoms with E-state index < -0.39 is 10.8 Å². The first kappa shape index (κ1) is 14.7. The van der Waals surface area contributed by atoms with Crippen LogP contribution in [0.4, 0.5) is 5.69 Å². The Morgan fingerprint density at radius 2 is 2.00 bits per heavy atom. The molecule has 0 bridgehead atoms. The molecule has 1 rings (SSSR count). The van der Waals surface area contributed by atoms with Crippen LogP contribution in [-0.4, -0.2) is 21.4 Å². The van der Waals surface area contributed by atoms with Crippen LogP contribution in [0.2, 0.25) is 0 Å². The summed E-state index contributed by atoms with van der Waals surface area (Å²) in [4.78, 5) is 12.2. The van der Waals surface area contributed by atoms with E-state index >= 15 is 0 Å². The second-order valence-corrected chi connectivity index (χ2v) is 6.75. The minimum Gasteiger partial charge on any atom is -0.398 e. The highest BCUT2D eigenvalue weighted by atomic mass is 32.2. The van der Waals surface area contributed by atoms with Crippen LogP contribution in [0.3, 0.4) is 0 Å². The van der Waals surface area contributed by atoms with Crippen molar-refractivity contribution in [1.29, 1.82) is 0 Å². The van der Waals surface area contributed by atoms with Gasteiger partial charge in [-0.15, -0.1) is 0 Å². The largest absolute Gasteiger partial charge is 0.398 e. The summed E-state index contributed by atoms with van der Waals surface area (Å²) in [5, 5.41) is 2.78. The molecule has 0 spiro atoms. The average Bonchev–Trinajstić information content (AvgIpc) is 2.13. The summed E-state index contributed by atoms with van der Waals surface area (Å²) in [6.07, 6.45) is 0. The second-order valence-electron chi connectivity index (χ2n) is 5.33.